The Bertz CT molecular complexity index is 485. The van der Waals surface area contributed by atoms with Gasteiger partial charge in [0.25, 0.3) is 0 Å². The predicted octanol–water partition coefficient (Wildman–Crippen LogP) is 2.93. The standard InChI is InChI=1S/C13H14ClN3O/c1-10-9-12(17-13(14)16-10)15-7-8-18-11-5-3-2-4-6-11/h2-6,9H,7-8H2,1H3,(H,15,16,17). The maximum Gasteiger partial charge on any atom is 0.224 e. The van der Waals surface area contributed by atoms with Gasteiger partial charge in [-0.1, -0.05) is 18.2 Å². The highest BCUT2D eigenvalue weighted by Gasteiger charge is 1.99. The van der Waals surface area contributed by atoms with Crippen LogP contribution in [0.1, 0.15) is 5.69 Å². The second-order valence-corrected chi connectivity index (χ2v) is 4.09. The normalized spacial score (nSPS) is 10.1. The minimum atomic E-state index is 0.251. The van der Waals surface area contributed by atoms with Crippen molar-refractivity contribution in [2.24, 2.45) is 0 Å². The summed E-state index contributed by atoms with van der Waals surface area (Å²) in [5.74, 6) is 1.57. The number of halogens is 1. The minimum Gasteiger partial charge on any atom is -0.492 e. The van der Waals surface area contributed by atoms with Crippen molar-refractivity contribution in [2.45, 2.75) is 6.92 Å². The SMILES string of the molecule is Cc1cc(NCCOc2ccccc2)nc(Cl)n1. The molecule has 0 atom stereocenters. The summed E-state index contributed by atoms with van der Waals surface area (Å²) >= 11 is 5.77. The second kappa shape index (κ2) is 6.21. The Balaban J connectivity index is 1.78. The van der Waals surface area contributed by atoms with Crippen molar-refractivity contribution in [1.82, 2.24) is 9.97 Å². The summed E-state index contributed by atoms with van der Waals surface area (Å²) in [5, 5.41) is 3.39. The number of hydrogen-bond acceptors (Lipinski definition) is 4. The van der Waals surface area contributed by atoms with E-state index in [1.807, 2.05) is 43.3 Å². The van der Waals surface area contributed by atoms with Crippen molar-refractivity contribution in [2.75, 3.05) is 18.5 Å². The van der Waals surface area contributed by atoms with Crippen LogP contribution < -0.4 is 10.1 Å². The minimum absolute atomic E-state index is 0.251. The number of benzene rings is 1. The van der Waals surface area contributed by atoms with E-state index in [9.17, 15) is 0 Å². The van der Waals surface area contributed by atoms with E-state index in [0.29, 0.717) is 19.0 Å². The van der Waals surface area contributed by atoms with Crippen LogP contribution in [0.2, 0.25) is 5.28 Å². The van der Waals surface area contributed by atoms with E-state index in [4.69, 9.17) is 16.3 Å². The van der Waals surface area contributed by atoms with Crippen LogP contribution in [0.25, 0.3) is 0 Å². The summed E-state index contributed by atoms with van der Waals surface area (Å²) in [5.41, 5.74) is 0.835. The lowest BCUT2D eigenvalue weighted by Gasteiger charge is -2.08. The Morgan fingerprint density at radius 2 is 2.00 bits per heavy atom. The summed E-state index contributed by atoms with van der Waals surface area (Å²) in [6.45, 7) is 3.09. The molecular weight excluding hydrogens is 250 g/mol. The molecule has 0 bridgehead atoms. The molecule has 2 aromatic rings. The first-order chi connectivity index (χ1) is 8.74. The quantitative estimate of drug-likeness (QED) is 0.666. The molecular formula is C13H14ClN3O. The lowest BCUT2D eigenvalue weighted by Crippen LogP contribution is -2.12. The van der Waals surface area contributed by atoms with Gasteiger partial charge >= 0.3 is 0 Å². The van der Waals surface area contributed by atoms with Gasteiger partial charge in [0, 0.05) is 11.8 Å². The van der Waals surface area contributed by atoms with Gasteiger partial charge in [0.1, 0.15) is 18.2 Å². The molecule has 5 heteroatoms. The first-order valence-corrected chi connectivity index (χ1v) is 6.05. The van der Waals surface area contributed by atoms with E-state index in [0.717, 1.165) is 11.4 Å². The number of nitrogens with one attached hydrogen (secondary N) is 1. The fourth-order valence-corrected chi connectivity index (χ4v) is 1.71. The summed E-state index contributed by atoms with van der Waals surface area (Å²) in [6, 6.07) is 11.5. The van der Waals surface area contributed by atoms with Gasteiger partial charge in [-0.25, -0.2) is 9.97 Å². The number of aromatic nitrogens is 2. The van der Waals surface area contributed by atoms with E-state index >= 15 is 0 Å². The van der Waals surface area contributed by atoms with Crippen LogP contribution in [-0.4, -0.2) is 23.1 Å². The van der Waals surface area contributed by atoms with Crippen molar-refractivity contribution in [3.63, 3.8) is 0 Å². The van der Waals surface area contributed by atoms with Gasteiger partial charge in [-0.15, -0.1) is 0 Å². The topological polar surface area (TPSA) is 47.0 Å². The summed E-state index contributed by atoms with van der Waals surface area (Å²) in [7, 11) is 0. The Labute approximate surface area is 111 Å². The van der Waals surface area contributed by atoms with Gasteiger partial charge in [0.15, 0.2) is 0 Å². The van der Waals surface area contributed by atoms with E-state index < -0.39 is 0 Å². The third-order valence-corrected chi connectivity index (χ3v) is 2.42. The highest BCUT2D eigenvalue weighted by Crippen LogP contribution is 2.10. The molecule has 0 aliphatic heterocycles. The van der Waals surface area contributed by atoms with Crippen LogP contribution in [0.5, 0.6) is 5.75 Å². The van der Waals surface area contributed by atoms with Crippen LogP contribution >= 0.6 is 11.6 Å². The zero-order valence-electron chi connectivity index (χ0n) is 10.1. The number of para-hydroxylation sites is 1. The number of ether oxygens (including phenoxy) is 1. The summed E-state index contributed by atoms with van der Waals surface area (Å²) in [4.78, 5) is 8.06. The van der Waals surface area contributed by atoms with Crippen molar-refractivity contribution in [3.8, 4) is 5.75 Å². The molecule has 0 saturated heterocycles. The van der Waals surface area contributed by atoms with Gasteiger partial charge < -0.3 is 10.1 Å². The van der Waals surface area contributed by atoms with E-state index in [2.05, 4.69) is 15.3 Å². The highest BCUT2D eigenvalue weighted by molar-refractivity contribution is 6.28. The van der Waals surface area contributed by atoms with Crippen molar-refractivity contribution in [1.29, 1.82) is 0 Å². The first-order valence-electron chi connectivity index (χ1n) is 5.67. The summed E-state index contributed by atoms with van der Waals surface area (Å²) < 4.78 is 5.55. The first kappa shape index (κ1) is 12.6. The maximum atomic E-state index is 5.77. The predicted molar refractivity (Wildman–Crippen MR) is 72.2 cm³/mol. The zero-order valence-corrected chi connectivity index (χ0v) is 10.8. The van der Waals surface area contributed by atoms with Gasteiger partial charge in [0.05, 0.1) is 6.54 Å². The Kier molecular flexibility index (Phi) is 4.36. The Morgan fingerprint density at radius 1 is 1.22 bits per heavy atom. The van der Waals surface area contributed by atoms with Crippen LogP contribution in [0.4, 0.5) is 5.82 Å². The average molecular weight is 264 g/mol. The largest absolute Gasteiger partial charge is 0.492 e. The molecule has 0 saturated carbocycles. The molecule has 94 valence electrons. The highest BCUT2D eigenvalue weighted by atomic mass is 35.5. The van der Waals surface area contributed by atoms with Crippen LogP contribution in [0, 0.1) is 6.92 Å². The van der Waals surface area contributed by atoms with E-state index in [-0.39, 0.29) is 5.28 Å². The van der Waals surface area contributed by atoms with Crippen LogP contribution in [0.15, 0.2) is 36.4 Å². The molecule has 1 aromatic heterocycles. The van der Waals surface area contributed by atoms with Gasteiger partial charge in [0.2, 0.25) is 5.28 Å². The Hall–Kier alpha value is -1.81. The number of anilines is 1. The monoisotopic (exact) mass is 263 g/mol. The van der Waals surface area contributed by atoms with Gasteiger partial charge in [-0.2, -0.15) is 0 Å². The molecule has 1 aromatic carbocycles. The maximum absolute atomic E-state index is 5.77. The third kappa shape index (κ3) is 3.89. The fraction of sp³-hybridized carbons (Fsp3) is 0.231. The molecule has 0 fully saturated rings. The van der Waals surface area contributed by atoms with Crippen molar-refractivity contribution >= 4 is 17.4 Å². The van der Waals surface area contributed by atoms with E-state index in [1.165, 1.54) is 0 Å². The molecule has 0 spiro atoms. The lowest BCUT2D eigenvalue weighted by atomic mass is 10.3. The molecule has 4 nitrogen and oxygen atoms in total. The summed E-state index contributed by atoms with van der Waals surface area (Å²) in [6.07, 6.45) is 0. The van der Waals surface area contributed by atoms with Gasteiger partial charge in [-0.05, 0) is 30.7 Å². The Morgan fingerprint density at radius 3 is 2.72 bits per heavy atom. The zero-order chi connectivity index (χ0) is 12.8. The van der Waals surface area contributed by atoms with E-state index in [1.54, 1.807) is 0 Å². The van der Waals surface area contributed by atoms with Crippen molar-refractivity contribution < 1.29 is 4.74 Å². The molecule has 1 N–H and O–H groups in total. The molecule has 0 amide bonds. The van der Waals surface area contributed by atoms with Crippen LogP contribution in [-0.2, 0) is 0 Å². The third-order valence-electron chi connectivity index (χ3n) is 2.25. The number of hydrogen-bond donors (Lipinski definition) is 1. The number of rotatable bonds is 5. The molecule has 0 aliphatic carbocycles. The van der Waals surface area contributed by atoms with Crippen molar-refractivity contribution in [3.05, 3.63) is 47.4 Å². The van der Waals surface area contributed by atoms with Gasteiger partial charge in [-0.3, -0.25) is 0 Å². The number of aryl methyl sites for hydroxylation is 1. The molecule has 18 heavy (non-hydrogen) atoms. The number of nitrogens with zero attached hydrogens (tertiary/aromatic N) is 2. The fourth-order valence-electron chi connectivity index (χ4n) is 1.49. The smallest absolute Gasteiger partial charge is 0.224 e. The van der Waals surface area contributed by atoms with Crippen LogP contribution in [0.3, 0.4) is 0 Å². The second-order valence-electron chi connectivity index (χ2n) is 3.75. The average Bonchev–Trinajstić information content (AvgIpc) is 2.35. The molecule has 1 heterocycles. The molecule has 2 rings (SSSR count). The lowest BCUT2D eigenvalue weighted by molar-refractivity contribution is 0.333. The molecule has 0 aliphatic rings. The molecule has 0 unspecified atom stereocenters. The molecule has 0 radical (unpaired) electrons.